The first-order valence-corrected chi connectivity index (χ1v) is 5.36. The van der Waals surface area contributed by atoms with Crippen LogP contribution >= 0.6 is 0 Å². The van der Waals surface area contributed by atoms with E-state index in [4.69, 9.17) is 16.2 Å². The Morgan fingerprint density at radius 1 is 1.28 bits per heavy atom. The molecule has 1 amide bonds. The van der Waals surface area contributed by atoms with Gasteiger partial charge >= 0.3 is 0 Å². The maximum atomic E-state index is 10.9. The third kappa shape index (κ3) is 2.57. The highest BCUT2D eigenvalue weighted by molar-refractivity contribution is 5.92. The predicted molar refractivity (Wildman–Crippen MR) is 68.4 cm³/mol. The largest absolute Gasteiger partial charge is 0.439 e. The number of anilines is 1. The quantitative estimate of drug-likeness (QED) is 0.805. The summed E-state index contributed by atoms with van der Waals surface area (Å²) < 4.78 is 5.53. The van der Waals surface area contributed by atoms with Gasteiger partial charge in [-0.15, -0.1) is 0 Å². The van der Waals surface area contributed by atoms with Crippen LogP contribution in [0.5, 0.6) is 11.6 Å². The summed E-state index contributed by atoms with van der Waals surface area (Å²) in [4.78, 5) is 14.9. The second kappa shape index (κ2) is 4.75. The van der Waals surface area contributed by atoms with Crippen molar-refractivity contribution in [3.05, 3.63) is 47.7 Å². The lowest BCUT2D eigenvalue weighted by atomic mass is 10.2. The Morgan fingerprint density at radius 2 is 2.06 bits per heavy atom. The van der Waals surface area contributed by atoms with E-state index in [1.807, 2.05) is 13.0 Å². The number of carbonyl (C=O) groups is 1. The number of primary amides is 1. The predicted octanol–water partition coefficient (Wildman–Crippen LogP) is 1.86. The Balaban J connectivity index is 2.18. The van der Waals surface area contributed by atoms with E-state index < -0.39 is 5.91 Å². The van der Waals surface area contributed by atoms with Gasteiger partial charge in [-0.3, -0.25) is 4.79 Å². The normalized spacial score (nSPS) is 10.1. The summed E-state index contributed by atoms with van der Waals surface area (Å²) in [5.74, 6) is 0.516. The third-order valence-corrected chi connectivity index (χ3v) is 2.48. The molecule has 0 aliphatic heterocycles. The highest BCUT2D eigenvalue weighted by atomic mass is 16.5. The molecule has 0 fully saturated rings. The maximum Gasteiger partial charge on any atom is 0.250 e. The van der Waals surface area contributed by atoms with Gasteiger partial charge in [-0.05, 0) is 36.8 Å². The van der Waals surface area contributed by atoms with Crippen LogP contribution in [0.4, 0.5) is 5.69 Å². The van der Waals surface area contributed by atoms with Crippen LogP contribution in [0.25, 0.3) is 0 Å². The number of nitrogen functional groups attached to an aromatic ring is 1. The van der Waals surface area contributed by atoms with Gasteiger partial charge < -0.3 is 16.2 Å². The summed E-state index contributed by atoms with van der Waals surface area (Å²) in [6.07, 6.45) is 1.38. The molecule has 1 heterocycles. The van der Waals surface area contributed by atoms with E-state index >= 15 is 0 Å². The van der Waals surface area contributed by atoms with Gasteiger partial charge in [0.1, 0.15) is 5.75 Å². The first-order valence-electron chi connectivity index (χ1n) is 5.36. The van der Waals surface area contributed by atoms with Crippen molar-refractivity contribution in [2.24, 2.45) is 5.73 Å². The molecule has 0 unspecified atom stereocenters. The van der Waals surface area contributed by atoms with E-state index in [0.717, 1.165) is 5.56 Å². The molecule has 4 N–H and O–H groups in total. The average Bonchev–Trinajstić information content (AvgIpc) is 2.34. The molecule has 0 saturated carbocycles. The summed E-state index contributed by atoms with van der Waals surface area (Å²) in [6, 6.07) is 8.49. The Kier molecular flexibility index (Phi) is 3.14. The van der Waals surface area contributed by atoms with Gasteiger partial charge in [0.15, 0.2) is 0 Å². The number of rotatable bonds is 3. The molecule has 18 heavy (non-hydrogen) atoms. The number of hydrogen-bond donors (Lipinski definition) is 2. The van der Waals surface area contributed by atoms with Gasteiger partial charge in [0.25, 0.3) is 0 Å². The minimum Gasteiger partial charge on any atom is -0.439 e. The first kappa shape index (κ1) is 11.9. The molecule has 0 aliphatic carbocycles. The van der Waals surface area contributed by atoms with Crippen molar-refractivity contribution in [1.82, 2.24) is 4.98 Å². The molecule has 1 aromatic carbocycles. The minimum absolute atomic E-state index is 0.343. The second-order valence-electron chi connectivity index (χ2n) is 3.87. The summed E-state index contributed by atoms with van der Waals surface area (Å²) in [5.41, 5.74) is 12.8. The number of hydrogen-bond acceptors (Lipinski definition) is 4. The van der Waals surface area contributed by atoms with Crippen LogP contribution in [0.2, 0.25) is 0 Å². The molecule has 0 saturated heterocycles. The number of amides is 1. The number of nitrogens with two attached hydrogens (primary N) is 2. The number of aromatic nitrogens is 1. The van der Waals surface area contributed by atoms with Gasteiger partial charge in [0.2, 0.25) is 11.8 Å². The summed E-state index contributed by atoms with van der Waals surface area (Å²) in [5, 5.41) is 0. The van der Waals surface area contributed by atoms with Crippen LogP contribution < -0.4 is 16.2 Å². The van der Waals surface area contributed by atoms with E-state index in [1.54, 1.807) is 24.3 Å². The zero-order chi connectivity index (χ0) is 13.1. The fourth-order valence-corrected chi connectivity index (χ4v) is 1.42. The number of benzene rings is 1. The van der Waals surface area contributed by atoms with Gasteiger partial charge in [0, 0.05) is 18.0 Å². The summed E-state index contributed by atoms with van der Waals surface area (Å²) >= 11 is 0. The monoisotopic (exact) mass is 243 g/mol. The molecule has 0 aliphatic rings. The van der Waals surface area contributed by atoms with Crippen molar-refractivity contribution in [3.63, 3.8) is 0 Å². The molecule has 92 valence electrons. The Bertz CT molecular complexity index is 579. The molecule has 2 rings (SSSR count). The van der Waals surface area contributed by atoms with Crippen molar-refractivity contribution in [3.8, 4) is 11.6 Å². The Morgan fingerprint density at radius 3 is 2.61 bits per heavy atom. The SMILES string of the molecule is Cc1cc(Oc2ccc(C(N)=O)cn2)ccc1N. The third-order valence-electron chi connectivity index (χ3n) is 2.48. The number of aryl methyl sites for hydroxylation is 1. The minimum atomic E-state index is -0.516. The van der Waals surface area contributed by atoms with Gasteiger partial charge in [-0.1, -0.05) is 0 Å². The fraction of sp³-hybridized carbons (Fsp3) is 0.0769. The van der Waals surface area contributed by atoms with Crippen molar-refractivity contribution >= 4 is 11.6 Å². The molecular formula is C13H13N3O2. The molecule has 0 radical (unpaired) electrons. The number of pyridine rings is 1. The molecule has 0 bridgehead atoms. The van der Waals surface area contributed by atoms with Crippen molar-refractivity contribution in [2.45, 2.75) is 6.92 Å². The van der Waals surface area contributed by atoms with E-state index in [1.165, 1.54) is 6.20 Å². The standard InChI is InChI=1S/C13H13N3O2/c1-8-6-10(3-4-11(8)14)18-12-5-2-9(7-16-12)13(15)17/h2-7H,14H2,1H3,(H2,15,17). The molecule has 2 aromatic rings. The first-order chi connectivity index (χ1) is 8.56. The second-order valence-corrected chi connectivity index (χ2v) is 3.87. The van der Waals surface area contributed by atoms with Gasteiger partial charge in [-0.25, -0.2) is 4.98 Å². The molecule has 0 spiro atoms. The molecule has 5 heteroatoms. The topological polar surface area (TPSA) is 91.2 Å². The van der Waals surface area contributed by atoms with Crippen LogP contribution in [0.3, 0.4) is 0 Å². The van der Waals surface area contributed by atoms with Crippen molar-refractivity contribution < 1.29 is 9.53 Å². The summed E-state index contributed by atoms with van der Waals surface area (Å²) in [6.45, 7) is 1.89. The maximum absolute atomic E-state index is 10.9. The van der Waals surface area contributed by atoms with Crippen LogP contribution in [-0.2, 0) is 0 Å². The Labute approximate surface area is 104 Å². The average molecular weight is 243 g/mol. The highest BCUT2D eigenvalue weighted by Crippen LogP contribution is 2.23. The number of carbonyl (C=O) groups excluding carboxylic acids is 1. The smallest absolute Gasteiger partial charge is 0.250 e. The molecule has 5 nitrogen and oxygen atoms in total. The van der Waals surface area contributed by atoms with E-state index in [0.29, 0.717) is 22.9 Å². The lowest BCUT2D eigenvalue weighted by molar-refractivity contribution is 0.1000. The zero-order valence-corrected chi connectivity index (χ0v) is 9.88. The lowest BCUT2D eigenvalue weighted by Gasteiger charge is -2.07. The van der Waals surface area contributed by atoms with E-state index in [9.17, 15) is 4.79 Å². The molecule has 1 aromatic heterocycles. The highest BCUT2D eigenvalue weighted by Gasteiger charge is 2.03. The lowest BCUT2D eigenvalue weighted by Crippen LogP contribution is -2.10. The molecule has 0 atom stereocenters. The fourth-order valence-electron chi connectivity index (χ4n) is 1.42. The van der Waals surface area contributed by atoms with Gasteiger partial charge in [-0.2, -0.15) is 0 Å². The zero-order valence-electron chi connectivity index (χ0n) is 9.88. The number of ether oxygens (including phenoxy) is 1. The van der Waals surface area contributed by atoms with Gasteiger partial charge in [0.05, 0.1) is 5.56 Å². The Hall–Kier alpha value is -2.56. The van der Waals surface area contributed by atoms with Crippen molar-refractivity contribution in [2.75, 3.05) is 5.73 Å². The van der Waals surface area contributed by atoms with Crippen molar-refractivity contribution in [1.29, 1.82) is 0 Å². The van der Waals surface area contributed by atoms with E-state index in [-0.39, 0.29) is 0 Å². The van der Waals surface area contributed by atoms with Crippen LogP contribution in [0.15, 0.2) is 36.5 Å². The number of nitrogens with zero attached hydrogens (tertiary/aromatic N) is 1. The summed E-state index contributed by atoms with van der Waals surface area (Å²) in [7, 11) is 0. The van der Waals surface area contributed by atoms with Crippen LogP contribution in [-0.4, -0.2) is 10.9 Å². The van der Waals surface area contributed by atoms with Crippen LogP contribution in [0.1, 0.15) is 15.9 Å². The molecular weight excluding hydrogens is 230 g/mol. The van der Waals surface area contributed by atoms with E-state index in [2.05, 4.69) is 4.98 Å². The van der Waals surface area contributed by atoms with Crippen LogP contribution in [0, 0.1) is 6.92 Å².